The molecule has 0 atom stereocenters. The molecule has 0 radical (unpaired) electrons. The average Bonchev–Trinajstić information content (AvgIpc) is 2.49. The molecule has 21 heavy (non-hydrogen) atoms. The molecule has 3 N–H and O–H groups in total. The minimum Gasteiger partial charge on any atom is -0.385 e. The topological polar surface area (TPSA) is 71.6 Å². The molecule has 0 amide bonds. The number of hydrogen-bond acceptors (Lipinski definition) is 5. The molecule has 0 aromatic heterocycles. The summed E-state index contributed by atoms with van der Waals surface area (Å²) >= 11 is 1.60. The third-order valence-electron chi connectivity index (χ3n) is 3.18. The van der Waals surface area contributed by atoms with Crippen molar-refractivity contribution < 1.29 is 9.47 Å². The van der Waals surface area contributed by atoms with Crippen LogP contribution in [0, 0.1) is 5.41 Å². The summed E-state index contributed by atoms with van der Waals surface area (Å²) in [5.74, 6) is 0.101. The second-order valence-corrected chi connectivity index (χ2v) is 5.44. The van der Waals surface area contributed by atoms with Gasteiger partial charge in [-0.2, -0.15) is 0 Å². The van der Waals surface area contributed by atoms with Gasteiger partial charge in [0.25, 0.3) is 0 Å². The molecule has 118 valence electrons. The van der Waals surface area contributed by atoms with Gasteiger partial charge in [-0.1, -0.05) is 6.07 Å². The number of ether oxygens (including phenoxy) is 2. The van der Waals surface area contributed by atoms with E-state index in [4.69, 9.17) is 20.6 Å². The number of nitrogens with zero attached hydrogens (tertiary/aromatic N) is 1. The molecule has 0 aliphatic heterocycles. The van der Waals surface area contributed by atoms with Crippen LogP contribution in [0.2, 0.25) is 0 Å². The SMILES string of the molecule is COCCCN(CCOC)c1cccc(SC)c1C(=N)N. The lowest BCUT2D eigenvalue weighted by Gasteiger charge is -2.27. The molecule has 0 spiro atoms. The highest BCUT2D eigenvalue weighted by Crippen LogP contribution is 2.29. The molecule has 6 heteroatoms. The van der Waals surface area contributed by atoms with Crippen LogP contribution in [0.5, 0.6) is 0 Å². The number of anilines is 1. The number of rotatable bonds is 10. The quantitative estimate of drug-likeness (QED) is 0.300. The number of benzene rings is 1. The van der Waals surface area contributed by atoms with E-state index >= 15 is 0 Å². The zero-order valence-corrected chi connectivity index (χ0v) is 13.8. The molecular formula is C15H25N3O2S. The molecule has 0 unspecified atom stereocenters. The number of amidine groups is 1. The second kappa shape index (κ2) is 9.65. The first-order valence-corrected chi connectivity index (χ1v) is 8.12. The van der Waals surface area contributed by atoms with Crippen LogP contribution in [-0.2, 0) is 9.47 Å². The average molecular weight is 311 g/mol. The van der Waals surface area contributed by atoms with E-state index in [0.717, 1.165) is 35.7 Å². The minimum absolute atomic E-state index is 0.101. The van der Waals surface area contributed by atoms with Crippen molar-refractivity contribution in [1.29, 1.82) is 5.41 Å². The number of nitrogen functional groups attached to an aromatic ring is 1. The van der Waals surface area contributed by atoms with Gasteiger partial charge in [-0.25, -0.2) is 0 Å². The summed E-state index contributed by atoms with van der Waals surface area (Å²) in [6.45, 7) is 2.95. The first-order valence-electron chi connectivity index (χ1n) is 6.89. The predicted molar refractivity (Wildman–Crippen MR) is 89.8 cm³/mol. The zero-order valence-electron chi connectivity index (χ0n) is 13.0. The van der Waals surface area contributed by atoms with E-state index in [2.05, 4.69) is 4.90 Å². The molecule has 0 fully saturated rings. The Kier molecular flexibility index (Phi) is 8.19. The summed E-state index contributed by atoms with van der Waals surface area (Å²) in [5.41, 5.74) is 7.59. The van der Waals surface area contributed by atoms with Gasteiger partial charge in [0, 0.05) is 44.5 Å². The smallest absolute Gasteiger partial charge is 0.126 e. The summed E-state index contributed by atoms with van der Waals surface area (Å²) in [6.07, 6.45) is 2.91. The van der Waals surface area contributed by atoms with Gasteiger partial charge >= 0.3 is 0 Å². The van der Waals surface area contributed by atoms with E-state index in [1.165, 1.54) is 0 Å². The van der Waals surface area contributed by atoms with Gasteiger partial charge in [-0.15, -0.1) is 11.8 Å². The Bertz CT molecular complexity index is 455. The first-order chi connectivity index (χ1) is 10.2. The minimum atomic E-state index is 0.101. The summed E-state index contributed by atoms with van der Waals surface area (Å²) < 4.78 is 10.3. The van der Waals surface area contributed by atoms with Gasteiger partial charge in [-0.05, 0) is 24.8 Å². The number of nitrogens with two attached hydrogens (primary N) is 1. The van der Waals surface area contributed by atoms with Crippen molar-refractivity contribution in [2.24, 2.45) is 5.73 Å². The lowest BCUT2D eigenvalue weighted by atomic mass is 10.1. The number of nitrogens with one attached hydrogen (secondary N) is 1. The lowest BCUT2D eigenvalue weighted by molar-refractivity contribution is 0.191. The number of hydrogen-bond donors (Lipinski definition) is 2. The highest BCUT2D eigenvalue weighted by atomic mass is 32.2. The van der Waals surface area contributed by atoms with Crippen molar-refractivity contribution in [3.63, 3.8) is 0 Å². The molecule has 1 rings (SSSR count). The Balaban J connectivity index is 3.06. The van der Waals surface area contributed by atoms with E-state index in [1.54, 1.807) is 26.0 Å². The maximum absolute atomic E-state index is 7.89. The molecule has 0 aliphatic carbocycles. The Hall–Kier alpha value is -1.24. The number of methoxy groups -OCH3 is 2. The van der Waals surface area contributed by atoms with E-state index in [0.29, 0.717) is 13.2 Å². The summed E-state index contributed by atoms with van der Waals surface area (Å²) in [6, 6.07) is 6.01. The summed E-state index contributed by atoms with van der Waals surface area (Å²) in [7, 11) is 3.40. The Labute approximate surface area is 131 Å². The van der Waals surface area contributed by atoms with Crippen LogP contribution in [0.4, 0.5) is 5.69 Å². The van der Waals surface area contributed by atoms with Crippen molar-refractivity contribution in [3.05, 3.63) is 23.8 Å². The molecule has 0 saturated carbocycles. The fraction of sp³-hybridized carbons (Fsp3) is 0.533. The fourth-order valence-electron chi connectivity index (χ4n) is 2.18. The maximum Gasteiger partial charge on any atom is 0.126 e. The van der Waals surface area contributed by atoms with Crippen LogP contribution in [0.15, 0.2) is 23.1 Å². The Morgan fingerprint density at radius 1 is 1.24 bits per heavy atom. The third-order valence-corrected chi connectivity index (χ3v) is 3.96. The monoisotopic (exact) mass is 311 g/mol. The van der Waals surface area contributed by atoms with Crippen molar-refractivity contribution in [2.45, 2.75) is 11.3 Å². The van der Waals surface area contributed by atoms with Crippen molar-refractivity contribution >= 4 is 23.3 Å². The normalized spacial score (nSPS) is 10.6. The van der Waals surface area contributed by atoms with Gasteiger partial charge in [0.05, 0.1) is 12.2 Å². The molecule has 0 aliphatic rings. The lowest BCUT2D eigenvalue weighted by Crippen LogP contribution is -2.31. The van der Waals surface area contributed by atoms with Crippen molar-refractivity contribution in [2.75, 3.05) is 51.7 Å². The molecule has 0 heterocycles. The van der Waals surface area contributed by atoms with E-state index in [1.807, 2.05) is 24.5 Å². The fourth-order valence-corrected chi connectivity index (χ4v) is 2.81. The summed E-state index contributed by atoms with van der Waals surface area (Å²) in [4.78, 5) is 3.23. The van der Waals surface area contributed by atoms with Gasteiger partial charge in [0.15, 0.2) is 0 Å². The molecule has 1 aromatic rings. The molecule has 1 aromatic carbocycles. The van der Waals surface area contributed by atoms with Crippen molar-refractivity contribution in [3.8, 4) is 0 Å². The van der Waals surface area contributed by atoms with Gasteiger partial charge in [-0.3, -0.25) is 5.41 Å². The molecular weight excluding hydrogens is 286 g/mol. The maximum atomic E-state index is 7.89. The molecule has 0 saturated heterocycles. The first kappa shape index (κ1) is 17.8. The standard InChI is InChI=1S/C15H25N3O2S/c1-19-10-5-8-18(9-11-20-2)12-6-4-7-13(21-3)14(12)15(16)17/h4,6-7H,5,8-11H2,1-3H3,(H3,16,17). The highest BCUT2D eigenvalue weighted by molar-refractivity contribution is 7.98. The zero-order chi connectivity index (χ0) is 15.7. The van der Waals surface area contributed by atoms with Gasteiger partial charge in [0.1, 0.15) is 5.84 Å². The summed E-state index contributed by atoms with van der Waals surface area (Å²) in [5, 5.41) is 7.89. The Morgan fingerprint density at radius 3 is 2.52 bits per heavy atom. The van der Waals surface area contributed by atoms with Crippen LogP contribution in [-0.4, -0.2) is 52.6 Å². The number of thioether (sulfide) groups is 1. The highest BCUT2D eigenvalue weighted by Gasteiger charge is 2.16. The van der Waals surface area contributed by atoms with E-state index in [-0.39, 0.29) is 5.84 Å². The largest absolute Gasteiger partial charge is 0.385 e. The molecule has 0 bridgehead atoms. The van der Waals surface area contributed by atoms with Gasteiger partial charge in [0.2, 0.25) is 0 Å². The van der Waals surface area contributed by atoms with E-state index < -0.39 is 0 Å². The molecule has 5 nitrogen and oxygen atoms in total. The predicted octanol–water partition coefficient (Wildman–Crippen LogP) is 2.18. The van der Waals surface area contributed by atoms with Gasteiger partial charge < -0.3 is 20.1 Å². The van der Waals surface area contributed by atoms with Crippen LogP contribution < -0.4 is 10.6 Å². The Morgan fingerprint density at radius 2 is 1.95 bits per heavy atom. The van der Waals surface area contributed by atoms with Crippen LogP contribution >= 0.6 is 11.8 Å². The van der Waals surface area contributed by atoms with Crippen LogP contribution in [0.25, 0.3) is 0 Å². The second-order valence-electron chi connectivity index (χ2n) is 4.59. The van der Waals surface area contributed by atoms with Crippen LogP contribution in [0.3, 0.4) is 0 Å². The van der Waals surface area contributed by atoms with E-state index in [9.17, 15) is 0 Å². The van der Waals surface area contributed by atoms with Crippen molar-refractivity contribution in [1.82, 2.24) is 0 Å². The third kappa shape index (κ3) is 5.22. The van der Waals surface area contributed by atoms with Crippen LogP contribution in [0.1, 0.15) is 12.0 Å².